The predicted molar refractivity (Wildman–Crippen MR) is 111 cm³/mol. The fraction of sp³-hybridized carbons (Fsp3) is 0.333. The summed E-state index contributed by atoms with van der Waals surface area (Å²) in [7, 11) is 0. The first-order valence-electron chi connectivity index (χ1n) is 9.23. The van der Waals surface area contributed by atoms with E-state index in [-0.39, 0.29) is 17.9 Å². The molecule has 0 bridgehead atoms. The Morgan fingerprint density at radius 2 is 1.90 bits per heavy atom. The van der Waals surface area contributed by atoms with Gasteiger partial charge in [-0.05, 0) is 57.5 Å². The number of ketones is 1. The van der Waals surface area contributed by atoms with Crippen LogP contribution in [0.1, 0.15) is 34.6 Å². The first-order valence-corrected chi connectivity index (χ1v) is 10.0. The highest BCUT2D eigenvalue weighted by Gasteiger charge is 2.21. The van der Waals surface area contributed by atoms with Gasteiger partial charge in [0.15, 0.2) is 6.10 Å². The van der Waals surface area contributed by atoms with Crippen molar-refractivity contribution < 1.29 is 19.1 Å². The van der Waals surface area contributed by atoms with E-state index in [2.05, 4.69) is 4.98 Å². The normalized spacial score (nSPS) is 12.0. The number of esters is 1. The minimum Gasteiger partial charge on any atom is -0.494 e. The van der Waals surface area contributed by atoms with E-state index in [1.807, 2.05) is 20.8 Å². The molecule has 2 heterocycles. The first-order chi connectivity index (χ1) is 13.8. The third-order valence-electron chi connectivity index (χ3n) is 4.58. The maximum Gasteiger partial charge on any atom is 0.326 e. The lowest BCUT2D eigenvalue weighted by Gasteiger charge is -2.13. The average Bonchev–Trinajstić information content (AvgIpc) is 2.99. The maximum atomic E-state index is 12.7. The summed E-state index contributed by atoms with van der Waals surface area (Å²) in [5.41, 5.74) is 0.988. The van der Waals surface area contributed by atoms with Crippen LogP contribution < -0.4 is 10.3 Å². The second kappa shape index (κ2) is 8.57. The van der Waals surface area contributed by atoms with Crippen LogP contribution in [0.3, 0.4) is 0 Å². The van der Waals surface area contributed by atoms with Crippen LogP contribution in [0.2, 0.25) is 0 Å². The second-order valence-corrected chi connectivity index (χ2v) is 7.80. The van der Waals surface area contributed by atoms with Gasteiger partial charge in [-0.2, -0.15) is 0 Å². The summed E-state index contributed by atoms with van der Waals surface area (Å²) >= 11 is 1.44. The Morgan fingerprint density at radius 3 is 2.55 bits per heavy atom. The molecule has 8 heteroatoms. The van der Waals surface area contributed by atoms with Crippen molar-refractivity contribution in [3.8, 4) is 5.75 Å². The number of nitrogens with zero attached hydrogens (tertiary/aromatic N) is 2. The third-order valence-corrected chi connectivity index (χ3v) is 5.70. The molecule has 2 aromatic heterocycles. The van der Waals surface area contributed by atoms with Gasteiger partial charge in [0, 0.05) is 10.4 Å². The molecular weight excluding hydrogens is 392 g/mol. The van der Waals surface area contributed by atoms with Crippen molar-refractivity contribution in [2.24, 2.45) is 0 Å². The van der Waals surface area contributed by atoms with E-state index < -0.39 is 12.1 Å². The van der Waals surface area contributed by atoms with Gasteiger partial charge in [-0.15, -0.1) is 11.3 Å². The van der Waals surface area contributed by atoms with Crippen LogP contribution in [0.15, 0.2) is 35.4 Å². The topological polar surface area (TPSA) is 87.5 Å². The Hall–Kier alpha value is -3.00. The summed E-state index contributed by atoms with van der Waals surface area (Å²) in [4.78, 5) is 43.4. The maximum absolute atomic E-state index is 12.7. The second-order valence-electron chi connectivity index (χ2n) is 6.59. The monoisotopic (exact) mass is 414 g/mol. The van der Waals surface area contributed by atoms with Crippen LogP contribution >= 0.6 is 11.3 Å². The van der Waals surface area contributed by atoms with Crippen molar-refractivity contribution in [2.45, 2.75) is 40.3 Å². The molecular formula is C21H22N2O5S. The number of carbonyl (C=O) groups is 2. The van der Waals surface area contributed by atoms with Crippen LogP contribution in [0.5, 0.6) is 5.75 Å². The van der Waals surface area contributed by atoms with Crippen molar-refractivity contribution in [2.75, 3.05) is 6.61 Å². The molecule has 0 amide bonds. The molecule has 1 aromatic carbocycles. The summed E-state index contributed by atoms with van der Waals surface area (Å²) in [5.74, 6) is -0.341. The molecule has 0 fully saturated rings. The van der Waals surface area contributed by atoms with Crippen molar-refractivity contribution in [1.29, 1.82) is 0 Å². The zero-order valence-corrected chi connectivity index (χ0v) is 17.5. The molecule has 0 aliphatic carbocycles. The third kappa shape index (κ3) is 4.37. The number of thiophene rings is 1. The van der Waals surface area contributed by atoms with E-state index in [1.165, 1.54) is 29.2 Å². The van der Waals surface area contributed by atoms with Gasteiger partial charge in [0.25, 0.3) is 5.56 Å². The molecule has 7 nitrogen and oxygen atoms in total. The number of ether oxygens (including phenoxy) is 2. The fourth-order valence-electron chi connectivity index (χ4n) is 2.93. The van der Waals surface area contributed by atoms with Gasteiger partial charge >= 0.3 is 5.97 Å². The van der Waals surface area contributed by atoms with Crippen LogP contribution in [0, 0.1) is 13.8 Å². The smallest absolute Gasteiger partial charge is 0.326 e. The minimum absolute atomic E-state index is 0.292. The number of hydrogen-bond donors (Lipinski definition) is 0. The zero-order chi connectivity index (χ0) is 21.1. The number of aromatic nitrogens is 2. The summed E-state index contributed by atoms with van der Waals surface area (Å²) in [6, 6.07) is 6.64. The van der Waals surface area contributed by atoms with E-state index in [9.17, 15) is 14.4 Å². The number of carbonyl (C=O) groups excluding carboxylic acids is 2. The Bertz CT molecular complexity index is 1110. The number of hydrogen-bond acceptors (Lipinski definition) is 7. The van der Waals surface area contributed by atoms with Crippen molar-refractivity contribution in [1.82, 2.24) is 9.55 Å². The highest BCUT2D eigenvalue weighted by Crippen LogP contribution is 2.25. The van der Waals surface area contributed by atoms with Crippen LogP contribution in [-0.4, -0.2) is 34.0 Å². The zero-order valence-electron chi connectivity index (χ0n) is 16.7. The van der Waals surface area contributed by atoms with Gasteiger partial charge in [0.05, 0.1) is 18.3 Å². The Balaban J connectivity index is 1.69. The Morgan fingerprint density at radius 1 is 1.21 bits per heavy atom. The van der Waals surface area contributed by atoms with Gasteiger partial charge < -0.3 is 9.47 Å². The molecule has 0 saturated heterocycles. The first kappa shape index (κ1) is 20.7. The molecule has 0 saturated carbocycles. The predicted octanol–water partition coefficient (Wildman–Crippen LogP) is 3.29. The summed E-state index contributed by atoms with van der Waals surface area (Å²) in [5, 5.41) is 0.515. The van der Waals surface area contributed by atoms with Gasteiger partial charge in [0.1, 0.15) is 17.1 Å². The highest BCUT2D eigenvalue weighted by atomic mass is 32.1. The van der Waals surface area contributed by atoms with E-state index >= 15 is 0 Å². The molecule has 29 heavy (non-hydrogen) atoms. The molecule has 3 aromatic rings. The lowest BCUT2D eigenvalue weighted by Crippen LogP contribution is -2.30. The molecule has 0 aliphatic heterocycles. The lowest BCUT2D eigenvalue weighted by molar-refractivity contribution is -0.147. The molecule has 3 rings (SSSR count). The molecule has 0 unspecified atom stereocenters. The SMILES string of the molecule is CCOc1ccc(C(=O)[C@H](C)OC(=O)Cn2cnc3sc(C)c(C)c3c2=O)cc1. The molecule has 1 atom stereocenters. The standard InChI is InChI=1S/C21H22N2O5S/c1-5-27-16-8-6-15(7-9-16)19(25)13(3)28-17(24)10-23-11-22-20-18(21(23)26)12(2)14(4)29-20/h6-9,11,13H,5,10H2,1-4H3/t13-/m0/s1. The molecule has 0 aliphatic rings. The van der Waals surface area contributed by atoms with Gasteiger partial charge in [-0.25, -0.2) is 4.98 Å². The molecule has 0 radical (unpaired) electrons. The summed E-state index contributed by atoms with van der Waals surface area (Å²) < 4.78 is 11.8. The van der Waals surface area contributed by atoms with E-state index in [1.54, 1.807) is 24.3 Å². The van der Waals surface area contributed by atoms with Crippen molar-refractivity contribution in [3.63, 3.8) is 0 Å². The lowest BCUT2D eigenvalue weighted by atomic mass is 10.1. The fourth-order valence-corrected chi connectivity index (χ4v) is 3.91. The number of rotatable bonds is 7. The summed E-state index contributed by atoms with van der Waals surface area (Å²) in [6.07, 6.45) is 0.359. The number of benzene rings is 1. The van der Waals surface area contributed by atoms with Crippen molar-refractivity contribution >= 4 is 33.3 Å². The Labute approximate surface area is 171 Å². The quantitative estimate of drug-likeness (QED) is 0.435. The van der Waals surface area contributed by atoms with E-state index in [0.29, 0.717) is 28.1 Å². The number of fused-ring (bicyclic) bond motifs is 1. The van der Waals surface area contributed by atoms with E-state index in [4.69, 9.17) is 9.47 Å². The van der Waals surface area contributed by atoms with Crippen LogP contribution in [0.25, 0.3) is 10.2 Å². The van der Waals surface area contributed by atoms with Crippen LogP contribution in [0.4, 0.5) is 0 Å². The van der Waals surface area contributed by atoms with Crippen molar-refractivity contribution in [3.05, 3.63) is 57.0 Å². The van der Waals surface area contributed by atoms with Gasteiger partial charge in [-0.3, -0.25) is 19.0 Å². The largest absolute Gasteiger partial charge is 0.494 e. The van der Waals surface area contributed by atoms with Gasteiger partial charge in [-0.1, -0.05) is 0 Å². The van der Waals surface area contributed by atoms with Crippen LogP contribution in [-0.2, 0) is 16.1 Å². The van der Waals surface area contributed by atoms with E-state index in [0.717, 1.165) is 10.4 Å². The Kier molecular flexibility index (Phi) is 6.12. The number of Topliss-reactive ketones (excluding diaryl/α,β-unsaturated/α-hetero) is 1. The summed E-state index contributed by atoms with van der Waals surface area (Å²) in [6.45, 7) is 7.39. The molecule has 0 spiro atoms. The molecule has 0 N–H and O–H groups in total. The minimum atomic E-state index is -0.974. The highest BCUT2D eigenvalue weighted by molar-refractivity contribution is 7.18. The number of aryl methyl sites for hydroxylation is 2. The van der Waals surface area contributed by atoms with Gasteiger partial charge in [0.2, 0.25) is 5.78 Å². The average molecular weight is 414 g/mol. The molecule has 152 valence electrons.